The molecule has 2 heterocycles. The van der Waals surface area contributed by atoms with E-state index in [1.165, 1.54) is 0 Å². The molecule has 1 aliphatic heterocycles. The summed E-state index contributed by atoms with van der Waals surface area (Å²) in [4.78, 5) is 30.4. The number of nitrogens with zero attached hydrogens (tertiary/aromatic N) is 3. The summed E-state index contributed by atoms with van der Waals surface area (Å²) < 4.78 is 28.1. The molecule has 0 spiro atoms. The van der Waals surface area contributed by atoms with Crippen LogP contribution in [0.2, 0.25) is 0 Å². The summed E-state index contributed by atoms with van der Waals surface area (Å²) >= 11 is 0. The topological polar surface area (TPSA) is 67.2 Å². The van der Waals surface area contributed by atoms with Crippen molar-refractivity contribution in [3.63, 3.8) is 0 Å². The van der Waals surface area contributed by atoms with E-state index in [0.29, 0.717) is 44.9 Å². The van der Waals surface area contributed by atoms with Gasteiger partial charge in [0.15, 0.2) is 0 Å². The first-order chi connectivity index (χ1) is 12.4. The zero-order valence-corrected chi connectivity index (χ0v) is 14.7. The minimum Gasteiger partial charge on any atom is -0.350 e. The number of halogens is 2. The highest BCUT2D eigenvalue weighted by atomic mass is 19.3. The van der Waals surface area contributed by atoms with Crippen LogP contribution in [0.5, 0.6) is 0 Å². The molecule has 1 aromatic heterocycles. The largest absolute Gasteiger partial charge is 0.350 e. The maximum atomic E-state index is 13.0. The molecular weight excluding hydrogens is 342 g/mol. The van der Waals surface area contributed by atoms with E-state index >= 15 is 0 Å². The molecule has 2 fully saturated rings. The van der Waals surface area contributed by atoms with Crippen LogP contribution in [0.4, 0.5) is 8.78 Å². The van der Waals surface area contributed by atoms with Crippen LogP contribution in [-0.4, -0.2) is 45.3 Å². The number of carbonyl (C=O) groups is 2. The third-order valence-electron chi connectivity index (χ3n) is 5.61. The van der Waals surface area contributed by atoms with Crippen molar-refractivity contribution in [3.8, 4) is 0 Å². The Kier molecular flexibility index (Phi) is 4.44. The van der Waals surface area contributed by atoms with Gasteiger partial charge in [0.05, 0.1) is 18.4 Å². The Morgan fingerprint density at radius 1 is 1.23 bits per heavy atom. The number of hydrogen-bond donors (Lipinski definition) is 1. The van der Waals surface area contributed by atoms with Crippen LogP contribution in [0.3, 0.4) is 0 Å². The van der Waals surface area contributed by atoms with Gasteiger partial charge in [-0.2, -0.15) is 0 Å². The first kappa shape index (κ1) is 17.4. The van der Waals surface area contributed by atoms with E-state index in [1.54, 1.807) is 11.1 Å². The molecule has 0 radical (unpaired) electrons. The third-order valence-corrected chi connectivity index (χ3v) is 5.61. The summed E-state index contributed by atoms with van der Waals surface area (Å²) in [6, 6.07) is 0. The maximum Gasteiger partial charge on any atom is 0.249 e. The summed E-state index contributed by atoms with van der Waals surface area (Å²) in [5.74, 6) is -1.89. The van der Waals surface area contributed by atoms with Crippen LogP contribution in [0.25, 0.3) is 0 Å². The van der Waals surface area contributed by atoms with Gasteiger partial charge in [-0.1, -0.05) is 0 Å². The quantitative estimate of drug-likeness (QED) is 0.863. The van der Waals surface area contributed by atoms with E-state index in [0.717, 1.165) is 24.4 Å². The molecule has 26 heavy (non-hydrogen) atoms. The number of imidazole rings is 1. The summed E-state index contributed by atoms with van der Waals surface area (Å²) in [7, 11) is 0. The Morgan fingerprint density at radius 3 is 2.69 bits per heavy atom. The molecule has 2 amide bonds. The molecule has 4 rings (SSSR count). The number of alkyl halides is 2. The van der Waals surface area contributed by atoms with Crippen molar-refractivity contribution < 1.29 is 18.4 Å². The SMILES string of the molecule is O=C(CC1CC1)NCc1cnc2n1CCN(C(=O)C1CC(F)(F)C1)CC2. The van der Waals surface area contributed by atoms with E-state index in [-0.39, 0.29) is 24.7 Å². The molecule has 6 nitrogen and oxygen atoms in total. The normalized spacial score (nSPS) is 22.3. The van der Waals surface area contributed by atoms with Crippen LogP contribution in [0.15, 0.2) is 6.20 Å². The highest BCUT2D eigenvalue weighted by molar-refractivity contribution is 5.80. The summed E-state index contributed by atoms with van der Waals surface area (Å²) in [5.41, 5.74) is 0.925. The molecule has 0 aromatic carbocycles. The second-order valence-corrected chi connectivity index (χ2v) is 7.78. The van der Waals surface area contributed by atoms with Crippen LogP contribution in [0.1, 0.15) is 43.6 Å². The van der Waals surface area contributed by atoms with E-state index in [2.05, 4.69) is 10.3 Å². The minimum atomic E-state index is -2.68. The van der Waals surface area contributed by atoms with Gasteiger partial charge >= 0.3 is 0 Å². The van der Waals surface area contributed by atoms with E-state index in [4.69, 9.17) is 0 Å². The molecule has 8 heteroatoms. The number of nitrogens with one attached hydrogen (secondary N) is 1. The van der Waals surface area contributed by atoms with Crippen LogP contribution < -0.4 is 5.32 Å². The first-order valence-electron chi connectivity index (χ1n) is 9.38. The average molecular weight is 366 g/mol. The second-order valence-electron chi connectivity index (χ2n) is 7.78. The second kappa shape index (κ2) is 6.63. The lowest BCUT2D eigenvalue weighted by Crippen LogP contribution is -2.47. The lowest BCUT2D eigenvalue weighted by molar-refractivity contribution is -0.159. The van der Waals surface area contributed by atoms with Gasteiger partial charge in [0, 0.05) is 51.2 Å². The Hall–Kier alpha value is -1.99. The molecule has 3 aliphatic rings. The molecular formula is C18H24F2N4O2. The van der Waals surface area contributed by atoms with Crippen molar-refractivity contribution in [2.45, 2.75) is 57.5 Å². The Morgan fingerprint density at radius 2 is 2.00 bits per heavy atom. The number of carbonyl (C=O) groups excluding carboxylic acids is 2. The van der Waals surface area contributed by atoms with E-state index < -0.39 is 11.8 Å². The smallest absolute Gasteiger partial charge is 0.249 e. The van der Waals surface area contributed by atoms with Gasteiger partial charge in [-0.3, -0.25) is 9.59 Å². The van der Waals surface area contributed by atoms with E-state index in [9.17, 15) is 18.4 Å². The lowest BCUT2D eigenvalue weighted by Gasteiger charge is -2.36. The Labute approximate surface area is 150 Å². The zero-order valence-electron chi connectivity index (χ0n) is 14.7. The standard InChI is InChI=1S/C18H24F2N4O2/c19-18(20)8-13(9-18)17(26)23-4-3-15-21-10-14(24(15)6-5-23)11-22-16(25)7-12-1-2-12/h10,12-13H,1-9,11H2,(H,22,25). The molecule has 0 bridgehead atoms. The Bertz CT molecular complexity index is 706. The highest BCUT2D eigenvalue weighted by Crippen LogP contribution is 2.43. The van der Waals surface area contributed by atoms with Crippen molar-refractivity contribution in [1.82, 2.24) is 19.8 Å². The van der Waals surface area contributed by atoms with Gasteiger partial charge in [-0.15, -0.1) is 0 Å². The zero-order chi connectivity index (χ0) is 18.3. The predicted molar refractivity (Wildman–Crippen MR) is 89.4 cm³/mol. The summed E-state index contributed by atoms with van der Waals surface area (Å²) in [6.07, 6.45) is 4.60. The van der Waals surface area contributed by atoms with Gasteiger partial charge < -0.3 is 14.8 Å². The third kappa shape index (κ3) is 3.73. The number of aromatic nitrogens is 2. The fourth-order valence-corrected chi connectivity index (χ4v) is 3.79. The number of amides is 2. The molecule has 2 aliphatic carbocycles. The molecule has 0 unspecified atom stereocenters. The fourth-order valence-electron chi connectivity index (χ4n) is 3.79. The van der Waals surface area contributed by atoms with Gasteiger partial charge in [-0.25, -0.2) is 13.8 Å². The van der Waals surface area contributed by atoms with E-state index in [1.807, 2.05) is 4.57 Å². The lowest BCUT2D eigenvalue weighted by atomic mass is 9.80. The van der Waals surface area contributed by atoms with Crippen LogP contribution in [0, 0.1) is 11.8 Å². The number of fused-ring (bicyclic) bond motifs is 1. The maximum absolute atomic E-state index is 13.0. The average Bonchev–Trinajstić information content (AvgIpc) is 3.34. The van der Waals surface area contributed by atoms with Crippen LogP contribution >= 0.6 is 0 Å². The van der Waals surface area contributed by atoms with Gasteiger partial charge in [-0.05, 0) is 18.8 Å². The summed E-state index contributed by atoms with van der Waals surface area (Å²) in [5, 5.41) is 2.94. The van der Waals surface area contributed by atoms with Crippen molar-refractivity contribution in [3.05, 3.63) is 17.7 Å². The highest BCUT2D eigenvalue weighted by Gasteiger charge is 2.49. The summed E-state index contributed by atoms with van der Waals surface area (Å²) in [6.45, 7) is 2.01. The molecule has 0 saturated heterocycles. The monoisotopic (exact) mass is 366 g/mol. The molecule has 142 valence electrons. The number of rotatable bonds is 5. The van der Waals surface area contributed by atoms with Gasteiger partial charge in [0.1, 0.15) is 5.82 Å². The molecule has 1 N–H and O–H groups in total. The van der Waals surface area contributed by atoms with Gasteiger partial charge in [0.2, 0.25) is 17.7 Å². The molecule has 1 aromatic rings. The van der Waals surface area contributed by atoms with Gasteiger partial charge in [0.25, 0.3) is 0 Å². The van der Waals surface area contributed by atoms with Crippen molar-refractivity contribution in [2.24, 2.45) is 11.8 Å². The predicted octanol–water partition coefficient (Wildman–Crippen LogP) is 1.73. The van der Waals surface area contributed by atoms with Crippen LogP contribution in [-0.2, 0) is 29.1 Å². The minimum absolute atomic E-state index is 0.0689. The molecule has 2 saturated carbocycles. The van der Waals surface area contributed by atoms with Crippen molar-refractivity contribution >= 4 is 11.8 Å². The van der Waals surface area contributed by atoms with Crippen molar-refractivity contribution in [2.75, 3.05) is 13.1 Å². The van der Waals surface area contributed by atoms with Crippen molar-refractivity contribution in [1.29, 1.82) is 0 Å². The molecule has 0 atom stereocenters. The first-order valence-corrected chi connectivity index (χ1v) is 9.38. The Balaban J connectivity index is 1.32. The fraction of sp³-hybridized carbons (Fsp3) is 0.722. The number of hydrogen-bond acceptors (Lipinski definition) is 3.